The van der Waals surface area contributed by atoms with Gasteiger partial charge < -0.3 is 19.5 Å². The molecular formula is C11H13BF4O4. The maximum Gasteiger partial charge on any atom is 0.492 e. The van der Waals surface area contributed by atoms with Crippen LogP contribution in [-0.2, 0) is 4.74 Å². The van der Waals surface area contributed by atoms with E-state index in [1.54, 1.807) is 0 Å². The first-order valence-corrected chi connectivity index (χ1v) is 5.72. The van der Waals surface area contributed by atoms with Gasteiger partial charge in [0, 0.05) is 11.9 Å². The number of hydrogen-bond donors (Lipinski definition) is 2. The zero-order valence-corrected chi connectivity index (χ0v) is 10.4. The highest BCUT2D eigenvalue weighted by molar-refractivity contribution is 6.59. The minimum atomic E-state index is -4.37. The molecule has 0 heterocycles. The van der Waals surface area contributed by atoms with E-state index in [0.29, 0.717) is 0 Å². The summed E-state index contributed by atoms with van der Waals surface area (Å²) >= 11 is 0. The van der Waals surface area contributed by atoms with Crippen molar-refractivity contribution >= 4 is 12.6 Å². The Bertz CT molecular complexity index is 425. The quantitative estimate of drug-likeness (QED) is 0.445. The van der Waals surface area contributed by atoms with Crippen molar-refractivity contribution in [3.63, 3.8) is 0 Å². The minimum absolute atomic E-state index is 0.00318. The van der Waals surface area contributed by atoms with Crippen LogP contribution in [0, 0.1) is 5.82 Å². The van der Waals surface area contributed by atoms with Crippen LogP contribution in [0.2, 0.25) is 0 Å². The summed E-state index contributed by atoms with van der Waals surface area (Å²) in [5.74, 6) is -0.605. The topological polar surface area (TPSA) is 58.9 Å². The predicted octanol–water partition coefficient (Wildman–Crippen LogP) is 0.853. The standard InChI is InChI=1S/C11H13BF4O4/c13-8-2-3-10(9(6-8)12(17)18)20-5-1-4-19-7-11(14,15)16/h2-3,6,17-18H,1,4-5,7H2. The monoisotopic (exact) mass is 296 g/mol. The molecule has 0 aliphatic carbocycles. The number of ether oxygens (including phenoxy) is 2. The summed E-state index contributed by atoms with van der Waals surface area (Å²) in [5.41, 5.74) is -0.152. The van der Waals surface area contributed by atoms with Crippen molar-refractivity contribution in [2.45, 2.75) is 12.6 Å². The molecule has 0 bridgehead atoms. The molecule has 1 aromatic carbocycles. The molecule has 0 atom stereocenters. The summed E-state index contributed by atoms with van der Waals surface area (Å²) in [6.07, 6.45) is -4.19. The van der Waals surface area contributed by atoms with Gasteiger partial charge in [-0.25, -0.2) is 4.39 Å². The van der Waals surface area contributed by atoms with Gasteiger partial charge in [-0.3, -0.25) is 0 Å². The fraction of sp³-hybridized carbons (Fsp3) is 0.455. The zero-order chi connectivity index (χ0) is 15.2. The van der Waals surface area contributed by atoms with Gasteiger partial charge in [-0.05, 0) is 18.2 Å². The van der Waals surface area contributed by atoms with E-state index in [9.17, 15) is 17.6 Å². The van der Waals surface area contributed by atoms with Crippen LogP contribution in [0.4, 0.5) is 17.6 Å². The molecule has 0 aromatic heterocycles. The molecule has 0 saturated heterocycles. The van der Waals surface area contributed by atoms with Crippen LogP contribution >= 0.6 is 0 Å². The van der Waals surface area contributed by atoms with Crippen molar-refractivity contribution in [1.29, 1.82) is 0 Å². The first-order valence-electron chi connectivity index (χ1n) is 5.72. The van der Waals surface area contributed by atoms with Crippen LogP contribution in [0.25, 0.3) is 0 Å². The largest absolute Gasteiger partial charge is 0.494 e. The third-order valence-electron chi connectivity index (χ3n) is 2.21. The first kappa shape index (κ1) is 16.7. The molecular weight excluding hydrogens is 283 g/mol. The Kier molecular flexibility index (Phi) is 6.25. The summed E-state index contributed by atoms with van der Waals surface area (Å²) in [6.45, 7) is -1.48. The van der Waals surface area contributed by atoms with E-state index in [0.717, 1.165) is 12.1 Å². The Hall–Kier alpha value is -1.32. The number of rotatable bonds is 7. The lowest BCUT2D eigenvalue weighted by Crippen LogP contribution is -2.32. The second kappa shape index (κ2) is 7.46. The average Bonchev–Trinajstić information content (AvgIpc) is 2.33. The molecule has 0 spiro atoms. The highest BCUT2D eigenvalue weighted by atomic mass is 19.4. The molecule has 1 rings (SSSR count). The highest BCUT2D eigenvalue weighted by Gasteiger charge is 2.27. The van der Waals surface area contributed by atoms with Crippen molar-refractivity contribution < 1.29 is 37.1 Å². The van der Waals surface area contributed by atoms with Gasteiger partial charge in [-0.1, -0.05) is 0 Å². The van der Waals surface area contributed by atoms with Crippen LogP contribution in [0.5, 0.6) is 5.75 Å². The second-order valence-electron chi connectivity index (χ2n) is 3.93. The van der Waals surface area contributed by atoms with Crippen molar-refractivity contribution in [3.8, 4) is 5.75 Å². The maximum atomic E-state index is 12.9. The van der Waals surface area contributed by atoms with E-state index in [-0.39, 0.29) is 30.8 Å². The minimum Gasteiger partial charge on any atom is -0.494 e. The van der Waals surface area contributed by atoms with E-state index in [1.807, 2.05) is 0 Å². The molecule has 0 unspecified atom stereocenters. The normalized spacial score (nSPS) is 11.5. The first-order chi connectivity index (χ1) is 9.29. The molecule has 0 aliphatic heterocycles. The number of halogens is 4. The Balaban J connectivity index is 2.35. The van der Waals surface area contributed by atoms with E-state index in [1.165, 1.54) is 6.07 Å². The SMILES string of the molecule is OB(O)c1cc(F)ccc1OCCCOCC(F)(F)F. The van der Waals surface area contributed by atoms with Crippen molar-refractivity contribution in [3.05, 3.63) is 24.0 Å². The van der Waals surface area contributed by atoms with E-state index in [4.69, 9.17) is 14.8 Å². The van der Waals surface area contributed by atoms with Gasteiger partial charge >= 0.3 is 13.3 Å². The van der Waals surface area contributed by atoms with Crippen molar-refractivity contribution in [1.82, 2.24) is 0 Å². The fourth-order valence-corrected chi connectivity index (χ4v) is 1.38. The van der Waals surface area contributed by atoms with E-state index in [2.05, 4.69) is 4.74 Å². The Morgan fingerprint density at radius 2 is 1.85 bits per heavy atom. The molecule has 0 aliphatic rings. The number of benzene rings is 1. The zero-order valence-electron chi connectivity index (χ0n) is 10.4. The van der Waals surface area contributed by atoms with Gasteiger partial charge in [0.15, 0.2) is 0 Å². The number of hydrogen-bond acceptors (Lipinski definition) is 4. The van der Waals surface area contributed by atoms with Crippen LogP contribution in [-0.4, -0.2) is 43.2 Å². The van der Waals surface area contributed by atoms with Gasteiger partial charge in [0.25, 0.3) is 0 Å². The van der Waals surface area contributed by atoms with Gasteiger partial charge in [0.2, 0.25) is 0 Å². The van der Waals surface area contributed by atoms with Gasteiger partial charge in [0.05, 0.1) is 13.2 Å². The number of alkyl halides is 3. The van der Waals surface area contributed by atoms with E-state index >= 15 is 0 Å². The average molecular weight is 296 g/mol. The molecule has 0 radical (unpaired) electrons. The molecule has 2 N–H and O–H groups in total. The molecule has 0 amide bonds. The van der Waals surface area contributed by atoms with Crippen LogP contribution < -0.4 is 10.2 Å². The summed E-state index contributed by atoms with van der Waals surface area (Å²) in [5, 5.41) is 18.0. The molecule has 4 nitrogen and oxygen atoms in total. The van der Waals surface area contributed by atoms with Crippen LogP contribution in [0.15, 0.2) is 18.2 Å². The Morgan fingerprint density at radius 1 is 1.15 bits per heavy atom. The lowest BCUT2D eigenvalue weighted by molar-refractivity contribution is -0.174. The molecule has 112 valence electrons. The highest BCUT2D eigenvalue weighted by Crippen LogP contribution is 2.14. The van der Waals surface area contributed by atoms with Crippen LogP contribution in [0.3, 0.4) is 0 Å². The lowest BCUT2D eigenvalue weighted by atomic mass is 9.79. The van der Waals surface area contributed by atoms with Gasteiger partial charge in [-0.2, -0.15) is 13.2 Å². The van der Waals surface area contributed by atoms with E-state index < -0.39 is 25.7 Å². The molecule has 1 aromatic rings. The molecule has 20 heavy (non-hydrogen) atoms. The molecule has 0 saturated carbocycles. The lowest BCUT2D eigenvalue weighted by Gasteiger charge is -2.11. The van der Waals surface area contributed by atoms with Crippen molar-refractivity contribution in [2.24, 2.45) is 0 Å². The van der Waals surface area contributed by atoms with Crippen molar-refractivity contribution in [2.75, 3.05) is 19.8 Å². The molecule has 9 heteroatoms. The van der Waals surface area contributed by atoms with Crippen LogP contribution in [0.1, 0.15) is 6.42 Å². The maximum absolute atomic E-state index is 12.9. The van der Waals surface area contributed by atoms with Gasteiger partial charge in [-0.15, -0.1) is 0 Å². The third-order valence-corrected chi connectivity index (χ3v) is 2.21. The fourth-order valence-electron chi connectivity index (χ4n) is 1.38. The Morgan fingerprint density at radius 3 is 2.45 bits per heavy atom. The summed E-state index contributed by atoms with van der Waals surface area (Å²) < 4.78 is 57.7. The third kappa shape index (κ3) is 6.22. The smallest absolute Gasteiger partial charge is 0.492 e. The summed E-state index contributed by atoms with van der Waals surface area (Å²) in [6, 6.07) is 3.18. The summed E-state index contributed by atoms with van der Waals surface area (Å²) in [4.78, 5) is 0. The summed E-state index contributed by atoms with van der Waals surface area (Å²) in [7, 11) is -1.90. The van der Waals surface area contributed by atoms with Gasteiger partial charge in [0.1, 0.15) is 18.2 Å². The predicted molar refractivity (Wildman–Crippen MR) is 63.2 cm³/mol. The Labute approximate surface area is 113 Å². The second-order valence-corrected chi connectivity index (χ2v) is 3.93. The molecule has 0 fully saturated rings.